The quantitative estimate of drug-likeness (QED) is 0.626. The highest BCUT2D eigenvalue weighted by Gasteiger charge is 2.29. The van der Waals surface area contributed by atoms with Crippen molar-refractivity contribution >= 4 is 28.7 Å². The minimum atomic E-state index is -0.519. The van der Waals surface area contributed by atoms with E-state index in [0.717, 1.165) is 20.5 Å². The Morgan fingerprint density at radius 3 is 2.75 bits per heavy atom. The molecule has 0 atom stereocenters. The zero-order chi connectivity index (χ0) is 17.5. The molecular formula is C17H19FIN3O2. The van der Waals surface area contributed by atoms with Crippen LogP contribution in [0.2, 0.25) is 0 Å². The Morgan fingerprint density at radius 1 is 1.33 bits per heavy atom. The van der Waals surface area contributed by atoms with Crippen LogP contribution in [0, 0.1) is 9.39 Å². The molecular weight excluding hydrogens is 424 g/mol. The summed E-state index contributed by atoms with van der Waals surface area (Å²) < 4.78 is 21.8. The molecule has 0 unspecified atom stereocenters. The third-order valence-corrected chi connectivity index (χ3v) is 4.80. The number of amides is 1. The van der Waals surface area contributed by atoms with Crippen molar-refractivity contribution in [1.82, 2.24) is 14.7 Å². The number of fused-ring (bicyclic) bond motifs is 1. The van der Waals surface area contributed by atoms with Gasteiger partial charge in [-0.25, -0.2) is 9.18 Å². The molecule has 0 N–H and O–H groups in total. The molecule has 1 aliphatic rings. The number of halogens is 2. The van der Waals surface area contributed by atoms with Crippen LogP contribution in [0.4, 0.5) is 9.18 Å². The van der Waals surface area contributed by atoms with Crippen molar-refractivity contribution < 1.29 is 13.9 Å². The Labute approximate surface area is 153 Å². The van der Waals surface area contributed by atoms with Crippen molar-refractivity contribution in [2.45, 2.75) is 39.5 Å². The molecule has 0 fully saturated rings. The highest BCUT2D eigenvalue weighted by Crippen LogP contribution is 2.30. The first-order valence-electron chi connectivity index (χ1n) is 7.73. The maximum atomic E-state index is 13.5. The second kappa shape index (κ2) is 6.34. The van der Waals surface area contributed by atoms with E-state index in [1.807, 2.05) is 31.5 Å². The van der Waals surface area contributed by atoms with Gasteiger partial charge in [0.05, 0.1) is 22.4 Å². The van der Waals surface area contributed by atoms with Crippen molar-refractivity contribution in [3.63, 3.8) is 0 Å². The zero-order valence-corrected chi connectivity index (χ0v) is 16.0. The van der Waals surface area contributed by atoms with Gasteiger partial charge < -0.3 is 9.64 Å². The maximum absolute atomic E-state index is 13.5. The monoisotopic (exact) mass is 443 g/mol. The lowest BCUT2D eigenvalue weighted by molar-refractivity contribution is 0.0194. The topological polar surface area (TPSA) is 47.4 Å². The number of carbonyl (C=O) groups is 1. The average molecular weight is 443 g/mol. The van der Waals surface area contributed by atoms with E-state index in [4.69, 9.17) is 4.74 Å². The Hall–Kier alpha value is -1.64. The molecule has 0 radical (unpaired) electrons. The predicted molar refractivity (Wildman–Crippen MR) is 97.0 cm³/mol. The van der Waals surface area contributed by atoms with E-state index in [1.54, 1.807) is 11.0 Å². The first-order chi connectivity index (χ1) is 11.2. The lowest BCUT2D eigenvalue weighted by Gasteiger charge is -2.30. The van der Waals surface area contributed by atoms with Crippen LogP contribution in [0.5, 0.6) is 0 Å². The Morgan fingerprint density at radius 2 is 2.08 bits per heavy atom. The normalized spacial score (nSPS) is 14.5. The number of hydrogen-bond acceptors (Lipinski definition) is 3. The SMILES string of the molecule is CC(C)(C)OC(=O)N1CCn2nc(-c3cccc(F)c3)c(I)c2C1. The summed E-state index contributed by atoms with van der Waals surface area (Å²) in [6.45, 7) is 7.14. The largest absolute Gasteiger partial charge is 0.444 e. The van der Waals surface area contributed by atoms with Gasteiger partial charge in [-0.15, -0.1) is 0 Å². The van der Waals surface area contributed by atoms with Crippen molar-refractivity contribution in [2.24, 2.45) is 0 Å². The predicted octanol–water partition coefficient (Wildman–Crippen LogP) is 4.04. The fourth-order valence-corrected chi connectivity index (χ4v) is 3.46. The molecule has 0 saturated carbocycles. The highest BCUT2D eigenvalue weighted by atomic mass is 127. The molecule has 0 aliphatic carbocycles. The molecule has 0 spiro atoms. The number of ether oxygens (including phenoxy) is 1. The van der Waals surface area contributed by atoms with Crippen LogP contribution < -0.4 is 0 Å². The molecule has 0 bridgehead atoms. The van der Waals surface area contributed by atoms with Gasteiger partial charge >= 0.3 is 6.09 Å². The molecule has 1 aromatic heterocycles. The molecule has 128 valence electrons. The molecule has 1 aliphatic heterocycles. The summed E-state index contributed by atoms with van der Waals surface area (Å²) in [7, 11) is 0. The van der Waals surface area contributed by atoms with Gasteiger partial charge in [0, 0.05) is 12.1 Å². The van der Waals surface area contributed by atoms with E-state index < -0.39 is 5.60 Å². The van der Waals surface area contributed by atoms with Crippen LogP contribution >= 0.6 is 22.6 Å². The number of hydrogen-bond donors (Lipinski definition) is 0. The summed E-state index contributed by atoms with van der Waals surface area (Å²) in [6, 6.07) is 6.40. The van der Waals surface area contributed by atoms with Crippen molar-refractivity contribution in [1.29, 1.82) is 0 Å². The second-order valence-corrected chi connectivity index (χ2v) is 7.82. The summed E-state index contributed by atoms with van der Waals surface area (Å²) in [6.07, 6.45) is -0.321. The summed E-state index contributed by atoms with van der Waals surface area (Å²) in [5, 5.41) is 4.59. The van der Waals surface area contributed by atoms with Crippen LogP contribution in [0.3, 0.4) is 0 Å². The van der Waals surface area contributed by atoms with Crippen molar-refractivity contribution in [2.75, 3.05) is 6.54 Å². The first-order valence-corrected chi connectivity index (χ1v) is 8.81. The van der Waals surface area contributed by atoms with Gasteiger partial charge in [-0.3, -0.25) is 4.68 Å². The van der Waals surface area contributed by atoms with Crippen LogP contribution in [0.25, 0.3) is 11.3 Å². The number of carbonyl (C=O) groups excluding carboxylic acids is 1. The third-order valence-electron chi connectivity index (χ3n) is 3.67. The van der Waals surface area contributed by atoms with E-state index >= 15 is 0 Å². The van der Waals surface area contributed by atoms with Crippen molar-refractivity contribution in [3.05, 3.63) is 39.3 Å². The van der Waals surface area contributed by atoms with Crippen LogP contribution in [0.15, 0.2) is 24.3 Å². The van der Waals surface area contributed by atoms with Gasteiger partial charge in [0.25, 0.3) is 0 Å². The van der Waals surface area contributed by atoms with E-state index in [9.17, 15) is 9.18 Å². The molecule has 0 saturated heterocycles. The second-order valence-electron chi connectivity index (χ2n) is 6.74. The maximum Gasteiger partial charge on any atom is 0.410 e. The third kappa shape index (κ3) is 3.55. The summed E-state index contributed by atoms with van der Waals surface area (Å²) in [4.78, 5) is 14.0. The molecule has 5 nitrogen and oxygen atoms in total. The summed E-state index contributed by atoms with van der Waals surface area (Å²) in [5.74, 6) is -0.287. The fourth-order valence-electron chi connectivity index (χ4n) is 2.59. The average Bonchev–Trinajstić information content (AvgIpc) is 2.82. The van der Waals surface area contributed by atoms with Crippen LogP contribution in [-0.2, 0) is 17.8 Å². The molecule has 2 aromatic rings. The van der Waals surface area contributed by atoms with Crippen LogP contribution in [0.1, 0.15) is 26.5 Å². The molecule has 1 amide bonds. The standard InChI is InChI=1S/C17H19FIN3O2/c1-17(2,3)24-16(23)21-7-8-22-13(10-21)14(19)15(20-22)11-5-4-6-12(18)9-11/h4-6,9H,7-8,10H2,1-3H3. The zero-order valence-electron chi connectivity index (χ0n) is 13.8. The minimum Gasteiger partial charge on any atom is -0.444 e. The van der Waals surface area contributed by atoms with Gasteiger partial charge in [-0.05, 0) is 55.5 Å². The Balaban J connectivity index is 1.86. The smallest absolute Gasteiger partial charge is 0.410 e. The summed E-state index contributed by atoms with van der Waals surface area (Å²) in [5.41, 5.74) is 1.92. The Kier molecular flexibility index (Phi) is 4.54. The van der Waals surface area contributed by atoms with Gasteiger partial charge in [-0.2, -0.15) is 5.10 Å². The highest BCUT2D eigenvalue weighted by molar-refractivity contribution is 14.1. The minimum absolute atomic E-state index is 0.287. The Bertz CT molecular complexity index is 783. The lowest BCUT2D eigenvalue weighted by Crippen LogP contribution is -2.41. The fraction of sp³-hybridized carbons (Fsp3) is 0.412. The number of benzene rings is 1. The van der Waals surface area contributed by atoms with E-state index in [1.165, 1.54) is 12.1 Å². The summed E-state index contributed by atoms with van der Waals surface area (Å²) >= 11 is 2.21. The number of nitrogens with zero attached hydrogens (tertiary/aromatic N) is 3. The molecule has 24 heavy (non-hydrogen) atoms. The number of rotatable bonds is 1. The van der Waals surface area contributed by atoms with Gasteiger partial charge in [0.2, 0.25) is 0 Å². The first kappa shape index (κ1) is 17.2. The molecule has 2 heterocycles. The van der Waals surface area contributed by atoms with Gasteiger partial charge in [-0.1, -0.05) is 12.1 Å². The molecule has 1 aromatic carbocycles. The van der Waals surface area contributed by atoms with Crippen molar-refractivity contribution in [3.8, 4) is 11.3 Å². The van der Waals surface area contributed by atoms with Gasteiger partial charge in [0.1, 0.15) is 17.1 Å². The lowest BCUT2D eigenvalue weighted by atomic mass is 10.1. The molecule has 7 heteroatoms. The van der Waals surface area contributed by atoms with E-state index in [0.29, 0.717) is 19.6 Å². The number of aromatic nitrogens is 2. The van der Waals surface area contributed by atoms with Gasteiger partial charge in [0.15, 0.2) is 0 Å². The van der Waals surface area contributed by atoms with Crippen LogP contribution in [-0.4, -0.2) is 32.9 Å². The van der Waals surface area contributed by atoms with E-state index in [2.05, 4.69) is 27.7 Å². The molecule has 3 rings (SSSR count). The van der Waals surface area contributed by atoms with E-state index in [-0.39, 0.29) is 11.9 Å².